The molecule has 0 saturated carbocycles. The van der Waals surface area contributed by atoms with Crippen molar-refractivity contribution in [1.82, 2.24) is 4.90 Å². The van der Waals surface area contributed by atoms with E-state index in [-0.39, 0.29) is 35.7 Å². The molecule has 0 aliphatic carbocycles. The summed E-state index contributed by atoms with van der Waals surface area (Å²) in [5.74, 6) is 1.17. The summed E-state index contributed by atoms with van der Waals surface area (Å²) in [4.78, 5) is 29.5. The second-order valence-corrected chi connectivity index (χ2v) is 9.85. The molecule has 190 valence electrons. The SMILES string of the molecule is COC(=O)[C@@H]1CCCN1CCCOc1ccc(OC)cc1C1Sc2cc(Cl)ccc2N1C(C)=O.Cl. The minimum absolute atomic E-state index is 0. The van der Waals surface area contributed by atoms with E-state index in [4.69, 9.17) is 25.8 Å². The fourth-order valence-electron chi connectivity index (χ4n) is 4.54. The zero-order chi connectivity index (χ0) is 24.2. The molecule has 2 aromatic rings. The third-order valence-corrected chi connectivity index (χ3v) is 7.66. The number of benzene rings is 2. The van der Waals surface area contributed by atoms with E-state index >= 15 is 0 Å². The second-order valence-electron chi connectivity index (χ2n) is 8.29. The van der Waals surface area contributed by atoms with Gasteiger partial charge in [0.15, 0.2) is 0 Å². The highest BCUT2D eigenvalue weighted by molar-refractivity contribution is 8.00. The smallest absolute Gasteiger partial charge is 0.323 e. The molecule has 4 rings (SSSR count). The first-order chi connectivity index (χ1) is 16.4. The first kappa shape index (κ1) is 27.5. The van der Waals surface area contributed by atoms with Crippen LogP contribution < -0.4 is 14.4 Å². The van der Waals surface area contributed by atoms with Gasteiger partial charge in [-0.1, -0.05) is 23.4 Å². The molecule has 2 aliphatic rings. The number of halogens is 2. The average Bonchev–Trinajstić information content (AvgIpc) is 3.45. The zero-order valence-corrected chi connectivity index (χ0v) is 22.4. The summed E-state index contributed by atoms with van der Waals surface area (Å²) in [5.41, 5.74) is 1.70. The Hall–Kier alpha value is -2.13. The van der Waals surface area contributed by atoms with Crippen molar-refractivity contribution < 1.29 is 23.8 Å². The Labute approximate surface area is 221 Å². The van der Waals surface area contributed by atoms with Crippen LogP contribution in [0.4, 0.5) is 5.69 Å². The number of esters is 1. The summed E-state index contributed by atoms with van der Waals surface area (Å²) in [6, 6.07) is 11.1. The van der Waals surface area contributed by atoms with Crippen LogP contribution in [0.2, 0.25) is 5.02 Å². The van der Waals surface area contributed by atoms with E-state index in [9.17, 15) is 9.59 Å². The molecule has 1 fully saturated rings. The summed E-state index contributed by atoms with van der Waals surface area (Å²) in [6.07, 6.45) is 2.59. The topological polar surface area (TPSA) is 68.3 Å². The number of anilines is 1. The molecule has 10 heteroatoms. The highest BCUT2D eigenvalue weighted by atomic mass is 35.5. The van der Waals surface area contributed by atoms with Crippen LogP contribution in [0.3, 0.4) is 0 Å². The summed E-state index contributed by atoms with van der Waals surface area (Å²) < 4.78 is 16.6. The van der Waals surface area contributed by atoms with Crippen LogP contribution in [0.15, 0.2) is 41.3 Å². The Morgan fingerprint density at radius 2 is 1.97 bits per heavy atom. The Kier molecular flexibility index (Phi) is 9.58. The Balaban J connectivity index is 0.00000342. The molecular weight excluding hydrogens is 511 g/mol. The number of carbonyl (C=O) groups is 2. The van der Waals surface area contributed by atoms with Crippen LogP contribution in [-0.2, 0) is 14.3 Å². The van der Waals surface area contributed by atoms with Gasteiger partial charge in [-0.25, -0.2) is 0 Å². The molecular formula is C25H30Cl2N2O5S. The predicted molar refractivity (Wildman–Crippen MR) is 140 cm³/mol. The number of fused-ring (bicyclic) bond motifs is 1. The quantitative estimate of drug-likeness (QED) is 0.331. The van der Waals surface area contributed by atoms with E-state index in [1.165, 1.54) is 7.11 Å². The van der Waals surface area contributed by atoms with Gasteiger partial charge in [0.25, 0.3) is 0 Å². The lowest BCUT2D eigenvalue weighted by molar-refractivity contribution is -0.145. The molecule has 2 aliphatic heterocycles. The number of amides is 1. The van der Waals surface area contributed by atoms with Gasteiger partial charge in [0.05, 0.1) is 26.5 Å². The van der Waals surface area contributed by atoms with Crippen LogP contribution in [0.5, 0.6) is 11.5 Å². The van der Waals surface area contributed by atoms with Gasteiger partial charge in [-0.2, -0.15) is 0 Å². The fraction of sp³-hybridized carbons (Fsp3) is 0.440. The lowest BCUT2D eigenvalue weighted by Gasteiger charge is -2.26. The van der Waals surface area contributed by atoms with Gasteiger partial charge in [0.1, 0.15) is 22.9 Å². The fourth-order valence-corrected chi connectivity index (χ4v) is 6.18. The second kappa shape index (κ2) is 12.2. The molecule has 7 nitrogen and oxygen atoms in total. The summed E-state index contributed by atoms with van der Waals surface area (Å²) in [5, 5.41) is 0.336. The van der Waals surface area contributed by atoms with Crippen LogP contribution >= 0.6 is 35.8 Å². The molecule has 0 aromatic heterocycles. The normalized spacial score (nSPS) is 19.1. The zero-order valence-electron chi connectivity index (χ0n) is 20.0. The molecule has 2 atom stereocenters. The molecule has 0 spiro atoms. The van der Waals surface area contributed by atoms with Gasteiger partial charge >= 0.3 is 5.97 Å². The molecule has 1 unspecified atom stereocenters. The van der Waals surface area contributed by atoms with Crippen molar-refractivity contribution in [3.05, 3.63) is 47.0 Å². The number of nitrogens with zero attached hydrogens (tertiary/aromatic N) is 2. The van der Waals surface area contributed by atoms with Gasteiger partial charge in [-0.15, -0.1) is 12.4 Å². The molecule has 0 radical (unpaired) electrons. The lowest BCUT2D eigenvalue weighted by atomic mass is 10.1. The van der Waals surface area contributed by atoms with Crippen molar-refractivity contribution >= 4 is 53.3 Å². The third kappa shape index (κ3) is 6.00. The number of thioether (sulfide) groups is 1. The minimum atomic E-state index is -0.293. The monoisotopic (exact) mass is 540 g/mol. The summed E-state index contributed by atoms with van der Waals surface area (Å²) in [7, 11) is 3.05. The predicted octanol–water partition coefficient (Wildman–Crippen LogP) is 5.33. The molecule has 0 N–H and O–H groups in total. The van der Waals surface area contributed by atoms with Crippen molar-refractivity contribution in [3.63, 3.8) is 0 Å². The standard InChI is InChI=1S/C25H29ClN2O5S.ClH/c1-16(29)28-20-9-7-17(26)14-23(20)34-24(28)19-15-18(31-2)8-10-22(19)33-13-5-12-27-11-4-6-21(27)25(30)32-3;/h7-10,14-15,21,24H,4-6,11-13H2,1-3H3;1H/t21-,24?;/m0./s1. The molecule has 2 aromatic carbocycles. The highest BCUT2D eigenvalue weighted by Gasteiger charge is 2.36. The Morgan fingerprint density at radius 1 is 1.17 bits per heavy atom. The number of hydrogen-bond acceptors (Lipinski definition) is 7. The number of rotatable bonds is 8. The van der Waals surface area contributed by atoms with E-state index in [2.05, 4.69) is 4.90 Å². The average molecular weight is 541 g/mol. The van der Waals surface area contributed by atoms with Crippen molar-refractivity contribution in [2.24, 2.45) is 0 Å². The summed E-state index contributed by atoms with van der Waals surface area (Å²) in [6.45, 7) is 3.69. The van der Waals surface area contributed by atoms with Crippen LogP contribution in [0, 0.1) is 0 Å². The van der Waals surface area contributed by atoms with E-state index in [1.54, 1.807) is 36.8 Å². The van der Waals surface area contributed by atoms with Gasteiger partial charge < -0.3 is 14.2 Å². The Morgan fingerprint density at radius 3 is 2.69 bits per heavy atom. The van der Waals surface area contributed by atoms with Gasteiger partial charge in [0, 0.05) is 29.0 Å². The van der Waals surface area contributed by atoms with Crippen LogP contribution in [0.1, 0.15) is 37.1 Å². The number of methoxy groups -OCH3 is 2. The van der Waals surface area contributed by atoms with E-state index in [1.807, 2.05) is 30.3 Å². The van der Waals surface area contributed by atoms with Crippen molar-refractivity contribution in [2.75, 3.05) is 38.8 Å². The highest BCUT2D eigenvalue weighted by Crippen LogP contribution is 2.54. The van der Waals surface area contributed by atoms with Crippen molar-refractivity contribution in [3.8, 4) is 11.5 Å². The van der Waals surface area contributed by atoms with E-state index in [0.29, 0.717) is 23.1 Å². The first-order valence-electron chi connectivity index (χ1n) is 11.3. The Bertz CT molecular complexity index is 1070. The van der Waals surface area contributed by atoms with E-state index in [0.717, 1.165) is 48.5 Å². The molecule has 2 heterocycles. The molecule has 1 amide bonds. The minimum Gasteiger partial charge on any atom is -0.497 e. The number of carbonyl (C=O) groups excluding carboxylic acids is 2. The van der Waals surface area contributed by atoms with E-state index < -0.39 is 0 Å². The molecule has 0 bridgehead atoms. The first-order valence-corrected chi connectivity index (χ1v) is 12.6. The maximum absolute atomic E-state index is 12.6. The maximum Gasteiger partial charge on any atom is 0.323 e. The van der Waals surface area contributed by atoms with Gasteiger partial charge in [0.2, 0.25) is 5.91 Å². The maximum atomic E-state index is 12.6. The summed E-state index contributed by atoms with van der Waals surface area (Å²) >= 11 is 7.77. The number of ether oxygens (including phenoxy) is 3. The van der Waals surface area contributed by atoms with Gasteiger partial charge in [-0.05, 0) is 62.2 Å². The van der Waals surface area contributed by atoms with Crippen molar-refractivity contribution in [1.29, 1.82) is 0 Å². The number of likely N-dealkylation sites (tertiary alicyclic amines) is 1. The van der Waals surface area contributed by atoms with Crippen molar-refractivity contribution in [2.45, 2.75) is 42.5 Å². The molecule has 1 saturated heterocycles. The van der Waals surface area contributed by atoms with Gasteiger partial charge in [-0.3, -0.25) is 19.4 Å². The van der Waals surface area contributed by atoms with Crippen LogP contribution in [-0.4, -0.2) is 56.7 Å². The number of hydrogen-bond donors (Lipinski definition) is 0. The lowest BCUT2D eigenvalue weighted by Crippen LogP contribution is -2.37. The molecule has 35 heavy (non-hydrogen) atoms. The largest absolute Gasteiger partial charge is 0.497 e. The van der Waals surface area contributed by atoms with Crippen LogP contribution in [0.25, 0.3) is 0 Å². The third-order valence-electron chi connectivity index (χ3n) is 6.16.